The van der Waals surface area contributed by atoms with Crippen LogP contribution in [-0.4, -0.2) is 19.5 Å². The van der Waals surface area contributed by atoms with Crippen molar-refractivity contribution in [1.29, 1.82) is 0 Å². The second-order valence-electron chi connectivity index (χ2n) is 5.31. The van der Waals surface area contributed by atoms with Gasteiger partial charge in [0.1, 0.15) is 11.3 Å². The molecular weight excluding hydrogens is 286 g/mol. The van der Waals surface area contributed by atoms with Gasteiger partial charge in [0, 0.05) is 18.0 Å². The van der Waals surface area contributed by atoms with Gasteiger partial charge in [-0.2, -0.15) is 0 Å². The van der Waals surface area contributed by atoms with E-state index >= 15 is 0 Å². The van der Waals surface area contributed by atoms with E-state index in [0.29, 0.717) is 0 Å². The van der Waals surface area contributed by atoms with Crippen LogP contribution in [0, 0.1) is 0 Å². The molecule has 4 rings (SSSR count). The number of aromatic nitrogens is 3. The summed E-state index contributed by atoms with van der Waals surface area (Å²) in [4.78, 5) is 9.21. The largest absolute Gasteiger partial charge is 0.392 e. The molecule has 0 fully saturated rings. The van der Waals surface area contributed by atoms with Gasteiger partial charge in [-0.15, -0.1) is 0 Å². The molecule has 0 aliphatic heterocycles. The van der Waals surface area contributed by atoms with Crippen LogP contribution in [0.2, 0.25) is 0 Å². The molecule has 0 unspecified atom stereocenters. The average molecular weight is 301 g/mol. The van der Waals surface area contributed by atoms with Crippen LogP contribution in [0.25, 0.3) is 28.3 Å². The molecule has 1 aromatic carbocycles. The number of pyridine rings is 2. The van der Waals surface area contributed by atoms with Gasteiger partial charge in [0.2, 0.25) is 0 Å². The number of fused-ring (bicyclic) bond motifs is 1. The van der Waals surface area contributed by atoms with Gasteiger partial charge in [0.15, 0.2) is 0 Å². The van der Waals surface area contributed by atoms with Crippen LogP contribution in [0.15, 0.2) is 73.1 Å². The molecular formula is C19H15N3O. The summed E-state index contributed by atoms with van der Waals surface area (Å²) < 4.78 is 2.04. The zero-order valence-corrected chi connectivity index (χ0v) is 12.4. The van der Waals surface area contributed by atoms with Crippen molar-refractivity contribution in [3.05, 3.63) is 78.6 Å². The van der Waals surface area contributed by atoms with Gasteiger partial charge in [0.25, 0.3) is 0 Å². The molecule has 0 amide bonds. The minimum Gasteiger partial charge on any atom is -0.392 e. The Morgan fingerprint density at radius 3 is 2.52 bits per heavy atom. The van der Waals surface area contributed by atoms with Crippen molar-refractivity contribution in [3.8, 4) is 22.6 Å². The maximum absolute atomic E-state index is 9.36. The molecule has 0 radical (unpaired) electrons. The first kappa shape index (κ1) is 13.7. The van der Waals surface area contributed by atoms with Crippen LogP contribution in [0.4, 0.5) is 0 Å². The topological polar surface area (TPSA) is 50.4 Å². The summed E-state index contributed by atoms with van der Waals surface area (Å²) in [5.74, 6) is 0. The fourth-order valence-electron chi connectivity index (χ4n) is 2.74. The van der Waals surface area contributed by atoms with Crippen LogP contribution in [-0.2, 0) is 6.61 Å². The Labute approximate surface area is 133 Å². The number of rotatable bonds is 3. The minimum absolute atomic E-state index is 0.00293. The Bertz CT molecular complexity index is 946. The van der Waals surface area contributed by atoms with Crippen LogP contribution in [0.1, 0.15) is 5.56 Å². The van der Waals surface area contributed by atoms with Gasteiger partial charge in [-0.25, -0.2) is 4.98 Å². The van der Waals surface area contributed by atoms with Crippen molar-refractivity contribution in [1.82, 2.24) is 14.4 Å². The predicted molar refractivity (Wildman–Crippen MR) is 89.8 cm³/mol. The van der Waals surface area contributed by atoms with E-state index in [2.05, 4.69) is 17.1 Å². The molecule has 0 bridgehead atoms. The molecule has 4 nitrogen and oxygen atoms in total. The lowest BCUT2D eigenvalue weighted by Gasteiger charge is -2.05. The Hall–Kier alpha value is -2.98. The molecule has 0 spiro atoms. The van der Waals surface area contributed by atoms with Crippen molar-refractivity contribution >= 4 is 5.65 Å². The minimum atomic E-state index is 0.00293. The second kappa shape index (κ2) is 5.66. The third kappa shape index (κ3) is 2.39. The van der Waals surface area contributed by atoms with E-state index in [-0.39, 0.29) is 6.61 Å². The van der Waals surface area contributed by atoms with E-state index in [1.54, 1.807) is 6.20 Å². The molecule has 3 aromatic heterocycles. The molecule has 0 aliphatic carbocycles. The summed E-state index contributed by atoms with van der Waals surface area (Å²) in [6.45, 7) is 0.00293. The first-order valence-electron chi connectivity index (χ1n) is 7.45. The Kier molecular flexibility index (Phi) is 3.37. The van der Waals surface area contributed by atoms with Gasteiger partial charge in [0.05, 0.1) is 18.0 Å². The summed E-state index contributed by atoms with van der Waals surface area (Å²) in [5.41, 5.74) is 5.40. The van der Waals surface area contributed by atoms with Crippen molar-refractivity contribution in [3.63, 3.8) is 0 Å². The number of aliphatic hydroxyl groups is 1. The fourth-order valence-corrected chi connectivity index (χ4v) is 2.74. The maximum Gasteiger partial charge on any atom is 0.138 e. The van der Waals surface area contributed by atoms with E-state index in [0.717, 1.165) is 33.9 Å². The molecule has 112 valence electrons. The fraction of sp³-hybridized carbons (Fsp3) is 0.0526. The molecule has 4 heteroatoms. The number of imidazole rings is 1. The average Bonchev–Trinajstić information content (AvgIpc) is 3.01. The highest BCUT2D eigenvalue weighted by atomic mass is 16.3. The van der Waals surface area contributed by atoms with Gasteiger partial charge in [-0.3, -0.25) is 9.38 Å². The molecule has 0 aliphatic rings. The molecule has 3 heterocycles. The van der Waals surface area contributed by atoms with Crippen LogP contribution in [0.3, 0.4) is 0 Å². The summed E-state index contributed by atoms with van der Waals surface area (Å²) in [5, 5.41) is 9.36. The van der Waals surface area contributed by atoms with Crippen molar-refractivity contribution in [2.75, 3.05) is 0 Å². The van der Waals surface area contributed by atoms with Crippen molar-refractivity contribution in [2.45, 2.75) is 6.61 Å². The van der Waals surface area contributed by atoms with Crippen molar-refractivity contribution < 1.29 is 5.11 Å². The van der Waals surface area contributed by atoms with Gasteiger partial charge in [-0.05, 0) is 29.8 Å². The highest BCUT2D eigenvalue weighted by Gasteiger charge is 2.16. The monoisotopic (exact) mass is 301 g/mol. The van der Waals surface area contributed by atoms with E-state index < -0.39 is 0 Å². The molecule has 1 N–H and O–H groups in total. The molecule has 23 heavy (non-hydrogen) atoms. The van der Waals surface area contributed by atoms with E-state index in [1.807, 2.05) is 59.1 Å². The number of benzene rings is 1. The zero-order chi connectivity index (χ0) is 15.6. The van der Waals surface area contributed by atoms with E-state index in [1.165, 1.54) is 0 Å². The number of aliphatic hydroxyl groups excluding tert-OH is 1. The highest BCUT2D eigenvalue weighted by molar-refractivity contribution is 5.80. The summed E-state index contributed by atoms with van der Waals surface area (Å²) in [7, 11) is 0. The first-order valence-corrected chi connectivity index (χ1v) is 7.45. The highest BCUT2D eigenvalue weighted by Crippen LogP contribution is 2.31. The summed E-state index contributed by atoms with van der Waals surface area (Å²) in [6.07, 6.45) is 3.72. The SMILES string of the molecule is OCc1ccn2c(-c3ccccc3)c(-c3ccccn3)nc2c1. The quantitative estimate of drug-likeness (QED) is 0.629. The van der Waals surface area contributed by atoms with Gasteiger partial charge >= 0.3 is 0 Å². The van der Waals surface area contributed by atoms with Crippen molar-refractivity contribution in [2.24, 2.45) is 0 Å². The van der Waals surface area contributed by atoms with Gasteiger partial charge in [-0.1, -0.05) is 36.4 Å². The molecule has 0 saturated heterocycles. The third-order valence-corrected chi connectivity index (χ3v) is 3.83. The Morgan fingerprint density at radius 1 is 0.957 bits per heavy atom. The van der Waals surface area contributed by atoms with Crippen LogP contribution < -0.4 is 0 Å². The maximum atomic E-state index is 9.36. The molecule has 4 aromatic rings. The lowest BCUT2D eigenvalue weighted by molar-refractivity contribution is 0.282. The molecule has 0 atom stereocenters. The van der Waals surface area contributed by atoms with Crippen LogP contribution >= 0.6 is 0 Å². The lowest BCUT2D eigenvalue weighted by Crippen LogP contribution is -1.92. The first-order chi connectivity index (χ1) is 11.4. The van der Waals surface area contributed by atoms with Gasteiger partial charge < -0.3 is 5.11 Å². The number of nitrogens with zero attached hydrogens (tertiary/aromatic N) is 3. The smallest absolute Gasteiger partial charge is 0.138 e. The molecule has 0 saturated carbocycles. The summed E-state index contributed by atoms with van der Waals surface area (Å²) >= 11 is 0. The summed E-state index contributed by atoms with van der Waals surface area (Å²) in [6, 6.07) is 19.8. The zero-order valence-electron chi connectivity index (χ0n) is 12.4. The number of hydrogen-bond acceptors (Lipinski definition) is 3. The van der Waals surface area contributed by atoms with Crippen LogP contribution in [0.5, 0.6) is 0 Å². The van der Waals surface area contributed by atoms with E-state index in [4.69, 9.17) is 4.98 Å². The normalized spacial score (nSPS) is 11.0. The standard InChI is InChI=1S/C19H15N3O/c23-13-14-9-11-22-17(12-14)21-18(16-8-4-5-10-20-16)19(22)15-6-2-1-3-7-15/h1-12,23H,13H2. The lowest BCUT2D eigenvalue weighted by atomic mass is 10.1. The predicted octanol–water partition coefficient (Wildman–Crippen LogP) is 3.56. The number of hydrogen-bond donors (Lipinski definition) is 1. The van der Waals surface area contributed by atoms with E-state index in [9.17, 15) is 5.11 Å². The second-order valence-corrected chi connectivity index (χ2v) is 5.31. The Balaban J connectivity index is 2.04. The third-order valence-electron chi connectivity index (χ3n) is 3.83. The Morgan fingerprint density at radius 2 is 1.78 bits per heavy atom.